The van der Waals surface area contributed by atoms with Crippen molar-refractivity contribution in [2.75, 3.05) is 7.11 Å². The largest absolute Gasteiger partial charge is 0.493 e. The first-order chi connectivity index (χ1) is 8.72. The molecule has 2 rings (SSSR count). The Morgan fingerprint density at radius 1 is 1.33 bits per heavy atom. The first kappa shape index (κ1) is 13.5. The molecular weight excluding hydrogens is 293 g/mol. The fourth-order valence-electron chi connectivity index (χ4n) is 1.41. The summed E-state index contributed by atoms with van der Waals surface area (Å²) in [6, 6.07) is 5.62. The molecule has 18 heavy (non-hydrogen) atoms. The van der Waals surface area contributed by atoms with Crippen LogP contribution in [-0.4, -0.2) is 12.1 Å². The molecule has 2 aromatic rings. The van der Waals surface area contributed by atoms with E-state index in [1.807, 2.05) is 18.2 Å². The Morgan fingerprint density at radius 3 is 2.78 bits per heavy atom. The first-order valence-corrected chi connectivity index (χ1v) is 6.91. The summed E-state index contributed by atoms with van der Waals surface area (Å²) in [6.07, 6.45) is 1.70. The van der Waals surface area contributed by atoms with Crippen LogP contribution in [-0.2, 0) is 12.5 Å². The van der Waals surface area contributed by atoms with Gasteiger partial charge in [0.2, 0.25) is 0 Å². The Balaban J connectivity index is 2.08. The number of thiazole rings is 1. The molecule has 0 aliphatic carbocycles. The molecule has 0 aliphatic rings. The monoisotopic (exact) mass is 303 g/mol. The fraction of sp³-hybridized carbons (Fsp3) is 0.250. The lowest BCUT2D eigenvalue weighted by molar-refractivity contribution is 0.287. The van der Waals surface area contributed by atoms with Crippen LogP contribution in [0.5, 0.6) is 11.5 Å². The lowest BCUT2D eigenvalue weighted by Gasteiger charge is -2.10. The number of halogens is 2. The molecular formula is C12H11Cl2NO2S. The number of rotatable bonds is 5. The van der Waals surface area contributed by atoms with Gasteiger partial charge in [-0.25, -0.2) is 4.98 Å². The minimum absolute atomic E-state index is 0.418. The van der Waals surface area contributed by atoms with Crippen molar-refractivity contribution in [1.29, 1.82) is 0 Å². The maximum Gasteiger partial charge on any atom is 0.183 e. The third-order valence-electron chi connectivity index (χ3n) is 2.28. The van der Waals surface area contributed by atoms with Crippen LogP contribution in [0.15, 0.2) is 24.4 Å². The van der Waals surface area contributed by atoms with Crippen molar-refractivity contribution in [1.82, 2.24) is 4.98 Å². The summed E-state index contributed by atoms with van der Waals surface area (Å²) in [5.41, 5.74) is 0.988. The van der Waals surface area contributed by atoms with Crippen LogP contribution in [0.3, 0.4) is 0 Å². The molecule has 0 aliphatic heterocycles. The third-order valence-corrected chi connectivity index (χ3v) is 3.67. The predicted molar refractivity (Wildman–Crippen MR) is 74.0 cm³/mol. The molecule has 1 heterocycles. The van der Waals surface area contributed by atoms with E-state index in [4.69, 9.17) is 32.7 Å². The molecule has 96 valence electrons. The van der Waals surface area contributed by atoms with Crippen molar-refractivity contribution in [3.8, 4) is 11.5 Å². The summed E-state index contributed by atoms with van der Waals surface area (Å²) in [5.74, 6) is 1.79. The second-order valence-corrected chi connectivity index (χ2v) is 5.45. The number of benzene rings is 1. The topological polar surface area (TPSA) is 31.4 Å². The lowest BCUT2D eigenvalue weighted by atomic mass is 10.2. The number of alkyl halides is 1. The van der Waals surface area contributed by atoms with Gasteiger partial charge in [-0.15, -0.1) is 22.9 Å². The van der Waals surface area contributed by atoms with Gasteiger partial charge in [-0.2, -0.15) is 0 Å². The summed E-state index contributed by atoms with van der Waals surface area (Å²) in [6.45, 7) is 0.418. The highest BCUT2D eigenvalue weighted by atomic mass is 35.5. The van der Waals surface area contributed by atoms with E-state index in [1.165, 1.54) is 11.3 Å². The van der Waals surface area contributed by atoms with Crippen molar-refractivity contribution < 1.29 is 9.47 Å². The Morgan fingerprint density at radius 2 is 2.17 bits per heavy atom. The van der Waals surface area contributed by atoms with Crippen LogP contribution in [0.2, 0.25) is 4.47 Å². The van der Waals surface area contributed by atoms with E-state index in [0.29, 0.717) is 28.5 Å². The Bertz CT molecular complexity index is 531. The maximum absolute atomic E-state index is 5.77. The van der Waals surface area contributed by atoms with E-state index in [9.17, 15) is 0 Å². The zero-order valence-corrected chi connectivity index (χ0v) is 12.0. The maximum atomic E-state index is 5.77. The first-order valence-electron chi connectivity index (χ1n) is 5.19. The van der Waals surface area contributed by atoms with Gasteiger partial charge >= 0.3 is 0 Å². The molecule has 0 fully saturated rings. The summed E-state index contributed by atoms with van der Waals surface area (Å²) >= 11 is 12.9. The quantitative estimate of drug-likeness (QED) is 0.779. The molecule has 0 spiro atoms. The standard InChI is InChI=1S/C12H11Cl2NO2S/c1-16-11-4-8(5-13)2-3-10(11)17-7-9-6-15-12(14)18-9/h2-4,6H,5,7H2,1H3. The molecule has 0 N–H and O–H groups in total. The minimum atomic E-state index is 0.418. The molecule has 1 aromatic carbocycles. The van der Waals surface area contributed by atoms with Gasteiger partial charge in [0, 0.05) is 12.1 Å². The van der Waals surface area contributed by atoms with Crippen LogP contribution in [0.25, 0.3) is 0 Å². The number of ether oxygens (including phenoxy) is 2. The van der Waals surface area contributed by atoms with E-state index < -0.39 is 0 Å². The second-order valence-electron chi connectivity index (χ2n) is 3.49. The predicted octanol–water partition coefficient (Wildman–Crippen LogP) is 4.12. The van der Waals surface area contributed by atoms with Crippen molar-refractivity contribution >= 4 is 34.5 Å². The normalized spacial score (nSPS) is 10.4. The fourth-order valence-corrected chi connectivity index (χ4v) is 2.47. The van der Waals surface area contributed by atoms with Crippen LogP contribution < -0.4 is 9.47 Å². The number of hydrogen-bond donors (Lipinski definition) is 0. The number of nitrogens with zero attached hydrogens (tertiary/aromatic N) is 1. The summed E-state index contributed by atoms with van der Waals surface area (Å²) in [4.78, 5) is 4.92. The highest BCUT2D eigenvalue weighted by molar-refractivity contribution is 7.15. The van der Waals surface area contributed by atoms with E-state index in [2.05, 4.69) is 4.98 Å². The lowest BCUT2D eigenvalue weighted by Crippen LogP contribution is -1.96. The van der Waals surface area contributed by atoms with Crippen molar-refractivity contribution in [3.63, 3.8) is 0 Å². The highest BCUT2D eigenvalue weighted by Crippen LogP contribution is 2.30. The second kappa shape index (κ2) is 6.27. The SMILES string of the molecule is COc1cc(CCl)ccc1OCc1cnc(Cl)s1. The molecule has 0 bridgehead atoms. The molecule has 0 unspecified atom stereocenters. The van der Waals surface area contributed by atoms with E-state index in [0.717, 1.165) is 10.4 Å². The van der Waals surface area contributed by atoms with Gasteiger partial charge in [-0.05, 0) is 17.7 Å². The zero-order chi connectivity index (χ0) is 13.0. The van der Waals surface area contributed by atoms with Gasteiger partial charge in [0.1, 0.15) is 6.61 Å². The van der Waals surface area contributed by atoms with E-state index in [-0.39, 0.29) is 0 Å². The Hall–Kier alpha value is -0.970. The number of methoxy groups -OCH3 is 1. The average Bonchev–Trinajstić information content (AvgIpc) is 2.82. The molecule has 0 atom stereocenters. The minimum Gasteiger partial charge on any atom is -0.493 e. The van der Waals surface area contributed by atoms with Crippen LogP contribution in [0.1, 0.15) is 10.4 Å². The molecule has 3 nitrogen and oxygen atoms in total. The van der Waals surface area contributed by atoms with Crippen molar-refractivity contribution in [2.24, 2.45) is 0 Å². The summed E-state index contributed by atoms with van der Waals surface area (Å²) < 4.78 is 11.4. The third kappa shape index (κ3) is 3.28. The summed E-state index contributed by atoms with van der Waals surface area (Å²) in [5, 5.41) is 0. The number of aromatic nitrogens is 1. The van der Waals surface area contributed by atoms with Gasteiger partial charge in [0.15, 0.2) is 16.0 Å². The van der Waals surface area contributed by atoms with Crippen LogP contribution in [0.4, 0.5) is 0 Å². The molecule has 6 heteroatoms. The van der Waals surface area contributed by atoms with Crippen molar-refractivity contribution in [3.05, 3.63) is 39.3 Å². The van der Waals surface area contributed by atoms with E-state index >= 15 is 0 Å². The molecule has 1 aromatic heterocycles. The van der Waals surface area contributed by atoms with Gasteiger partial charge in [0.05, 0.1) is 12.0 Å². The molecule has 0 radical (unpaired) electrons. The van der Waals surface area contributed by atoms with Gasteiger partial charge in [0.25, 0.3) is 0 Å². The van der Waals surface area contributed by atoms with Crippen molar-refractivity contribution in [2.45, 2.75) is 12.5 Å². The molecule has 0 saturated heterocycles. The smallest absolute Gasteiger partial charge is 0.183 e. The van der Waals surface area contributed by atoms with Crippen LogP contribution >= 0.6 is 34.5 Å². The summed E-state index contributed by atoms with van der Waals surface area (Å²) in [7, 11) is 1.60. The highest BCUT2D eigenvalue weighted by Gasteiger charge is 2.07. The Kier molecular flexibility index (Phi) is 4.69. The zero-order valence-electron chi connectivity index (χ0n) is 9.65. The average molecular weight is 304 g/mol. The van der Waals surface area contributed by atoms with E-state index in [1.54, 1.807) is 13.3 Å². The Labute approximate surface area is 119 Å². The number of hydrogen-bond acceptors (Lipinski definition) is 4. The van der Waals surface area contributed by atoms with Gasteiger partial charge in [-0.1, -0.05) is 17.7 Å². The van der Waals surface area contributed by atoms with Crippen LogP contribution in [0, 0.1) is 0 Å². The van der Waals surface area contributed by atoms with Gasteiger partial charge in [-0.3, -0.25) is 0 Å². The molecule has 0 amide bonds. The van der Waals surface area contributed by atoms with Gasteiger partial charge < -0.3 is 9.47 Å². The molecule has 0 saturated carbocycles.